The molecule has 0 unspecified atom stereocenters. The summed E-state index contributed by atoms with van der Waals surface area (Å²) in [6.45, 7) is 0.430. The first-order valence-corrected chi connectivity index (χ1v) is 18.3. The number of aliphatic hydroxyl groups is 1. The number of aliphatic carboxylic acids is 1. The van der Waals surface area contributed by atoms with E-state index in [0.29, 0.717) is 30.9 Å². The molecule has 2 aliphatic heterocycles. The first-order chi connectivity index (χ1) is 26.4. The van der Waals surface area contributed by atoms with Crippen LogP contribution in [0.25, 0.3) is 0 Å². The number of benzene rings is 1. The third-order valence-electron chi connectivity index (χ3n) is 11.2. The number of likely N-dealkylation sites (N-methyl/N-ethyl adjacent to an activating group) is 3. The quantitative estimate of drug-likeness (QED) is 0.0510. The van der Waals surface area contributed by atoms with Crippen LogP contribution in [0.2, 0.25) is 0 Å². The van der Waals surface area contributed by atoms with E-state index in [1.807, 2.05) is 19.2 Å². The maximum Gasteiger partial charge on any atom is 0.415 e. The topological polar surface area (TPSA) is 278 Å². The molecule has 6 atom stereocenters. The van der Waals surface area contributed by atoms with Crippen molar-refractivity contribution in [2.75, 3.05) is 61.0 Å². The largest absolute Gasteiger partial charge is 0.493 e. The lowest BCUT2D eigenvalue weighted by Gasteiger charge is -2.61. The summed E-state index contributed by atoms with van der Waals surface area (Å²) >= 11 is 0. The number of likely N-dealkylation sites (tertiary alicyclic amines) is 1. The van der Waals surface area contributed by atoms with Gasteiger partial charge >= 0.3 is 12.1 Å². The Morgan fingerprint density at radius 3 is 2.55 bits per heavy atom. The molecule has 1 fully saturated rings. The van der Waals surface area contributed by atoms with Gasteiger partial charge in [-0.2, -0.15) is 0 Å². The Morgan fingerprint density at radius 1 is 1.16 bits per heavy atom. The van der Waals surface area contributed by atoms with Crippen molar-refractivity contribution in [1.82, 2.24) is 36.0 Å². The SMILES string of the molecule is COc1ccc2c3c1O[C@H]1C(OC(=O)N(C)[C@@H](CNC(=O)[C@H](CCCNC(=N)N)NC(=O)CNC(C)=O)C(=O)N(C)CC(=O)O)=CC[C@@]4(O)[C@@H](C2)N(C)CC[C@]314. The summed E-state index contributed by atoms with van der Waals surface area (Å²) in [7, 11) is 5.98. The number of guanidine groups is 1. The molecule has 20 heteroatoms. The first kappa shape index (κ1) is 41.5. The van der Waals surface area contributed by atoms with Gasteiger partial charge in [0.25, 0.3) is 0 Å². The van der Waals surface area contributed by atoms with Crippen molar-refractivity contribution in [1.29, 1.82) is 5.41 Å². The zero-order chi connectivity index (χ0) is 41.1. The van der Waals surface area contributed by atoms with E-state index in [-0.39, 0.29) is 43.6 Å². The van der Waals surface area contributed by atoms with Crippen LogP contribution in [0.1, 0.15) is 43.7 Å². The maximum atomic E-state index is 14.0. The molecular formula is C36H51N9O11. The van der Waals surface area contributed by atoms with E-state index in [4.69, 9.17) is 25.4 Å². The van der Waals surface area contributed by atoms with E-state index in [1.165, 1.54) is 28.1 Å². The highest BCUT2D eigenvalue weighted by atomic mass is 16.6. The second kappa shape index (κ2) is 16.6. The summed E-state index contributed by atoms with van der Waals surface area (Å²) in [6.07, 6.45) is 1.21. The number of nitrogens with two attached hydrogens (primary N) is 1. The number of carboxylic acids is 1. The molecule has 2 bridgehead atoms. The molecule has 2 heterocycles. The van der Waals surface area contributed by atoms with Crippen LogP contribution in [-0.2, 0) is 40.5 Å². The van der Waals surface area contributed by atoms with Crippen LogP contribution >= 0.6 is 0 Å². The Balaban J connectivity index is 1.38. The van der Waals surface area contributed by atoms with Gasteiger partial charge in [-0.1, -0.05) is 6.07 Å². The van der Waals surface area contributed by atoms with Crippen LogP contribution in [0.15, 0.2) is 24.0 Å². The van der Waals surface area contributed by atoms with Gasteiger partial charge in [0.15, 0.2) is 23.6 Å². The highest BCUT2D eigenvalue weighted by molar-refractivity contribution is 5.91. The Labute approximate surface area is 323 Å². The molecule has 1 aromatic rings. The second-order valence-corrected chi connectivity index (χ2v) is 14.6. The number of carbonyl (C=O) groups is 6. The maximum absolute atomic E-state index is 14.0. The summed E-state index contributed by atoms with van der Waals surface area (Å²) in [5.41, 5.74) is 4.91. The summed E-state index contributed by atoms with van der Waals surface area (Å²) in [5, 5.41) is 39.3. The summed E-state index contributed by atoms with van der Waals surface area (Å²) < 4.78 is 18.2. The Hall–Kier alpha value is -5.63. The highest BCUT2D eigenvalue weighted by Gasteiger charge is 2.72. The fourth-order valence-corrected chi connectivity index (χ4v) is 8.38. The molecular weight excluding hydrogens is 734 g/mol. The number of rotatable bonds is 16. The number of methoxy groups -OCH3 is 1. The number of nitrogens with zero attached hydrogens (tertiary/aromatic N) is 3. The summed E-state index contributed by atoms with van der Waals surface area (Å²) in [6, 6.07) is 0.878. The van der Waals surface area contributed by atoms with Gasteiger partial charge in [0.2, 0.25) is 23.6 Å². The number of hydrogen-bond acceptors (Lipinski definition) is 12. The van der Waals surface area contributed by atoms with Gasteiger partial charge in [0.05, 0.1) is 24.7 Å². The highest BCUT2D eigenvalue weighted by Crippen LogP contribution is 2.65. The molecule has 1 saturated heterocycles. The predicted molar refractivity (Wildman–Crippen MR) is 198 cm³/mol. The van der Waals surface area contributed by atoms with Crippen molar-refractivity contribution in [3.05, 3.63) is 35.1 Å². The molecule has 0 saturated carbocycles. The van der Waals surface area contributed by atoms with Crippen molar-refractivity contribution in [3.63, 3.8) is 0 Å². The fourth-order valence-electron chi connectivity index (χ4n) is 8.38. The molecule has 5 rings (SSSR count). The Bertz CT molecular complexity index is 1810. The monoisotopic (exact) mass is 785 g/mol. The normalized spacial score (nSPS) is 23.8. The first-order valence-electron chi connectivity index (χ1n) is 18.3. The molecule has 20 nitrogen and oxygen atoms in total. The molecule has 5 amide bonds. The molecule has 4 aliphatic rings. The zero-order valence-corrected chi connectivity index (χ0v) is 32.1. The minimum atomic E-state index is -1.49. The van der Waals surface area contributed by atoms with Gasteiger partial charge in [0.1, 0.15) is 24.4 Å². The third kappa shape index (κ3) is 7.88. The molecule has 0 radical (unpaired) electrons. The van der Waals surface area contributed by atoms with E-state index in [1.54, 1.807) is 6.08 Å². The van der Waals surface area contributed by atoms with Crippen LogP contribution < -0.4 is 36.5 Å². The molecule has 9 N–H and O–H groups in total. The standard InChI is InChI=1S/C36H51N9O11/c1-19(46)40-17-26(47)42-21(7-6-13-39-33(37)38)31(50)41-16-22(32(51)44(3)18-27(48)49)45(4)34(52)55-24-10-11-36(53)25-15-20-8-9-23(54-5)29-28(20)35(36,30(24)56-29)12-14-43(25)2/h8-10,21-22,25,30,53H,6-7,11-18H2,1-5H3,(H,40,46)(H,41,50)(H,42,47)(H,48,49)(H4,37,38,39)/t21-,22-,25+,30-,35-,36+/m0/s1. The van der Waals surface area contributed by atoms with Crippen molar-refractivity contribution < 1.29 is 53.2 Å². The summed E-state index contributed by atoms with van der Waals surface area (Å²) in [4.78, 5) is 80.6. The van der Waals surface area contributed by atoms with Crippen LogP contribution in [0.3, 0.4) is 0 Å². The van der Waals surface area contributed by atoms with E-state index in [0.717, 1.165) is 20.9 Å². The van der Waals surface area contributed by atoms with Gasteiger partial charge in [-0.05, 0) is 57.0 Å². The van der Waals surface area contributed by atoms with E-state index < -0.39 is 84.5 Å². The number of ether oxygens (including phenoxy) is 3. The van der Waals surface area contributed by atoms with Crippen molar-refractivity contribution in [2.24, 2.45) is 5.73 Å². The molecule has 2 aliphatic carbocycles. The van der Waals surface area contributed by atoms with Gasteiger partial charge in [-0.3, -0.25) is 34.3 Å². The smallest absolute Gasteiger partial charge is 0.415 e. The van der Waals surface area contributed by atoms with Crippen molar-refractivity contribution in [2.45, 2.75) is 74.3 Å². The minimum absolute atomic E-state index is 0.0581. The minimum Gasteiger partial charge on any atom is -0.493 e. The molecule has 0 aromatic heterocycles. The lowest BCUT2D eigenvalue weighted by Crippen LogP contribution is -2.74. The van der Waals surface area contributed by atoms with Gasteiger partial charge in [0, 0.05) is 52.1 Å². The number of carbonyl (C=O) groups excluding carboxylic acids is 5. The van der Waals surface area contributed by atoms with Crippen molar-refractivity contribution >= 4 is 41.7 Å². The van der Waals surface area contributed by atoms with E-state index in [2.05, 4.69) is 26.2 Å². The molecule has 1 aromatic carbocycles. The average Bonchev–Trinajstić information content (AvgIpc) is 3.50. The Morgan fingerprint density at radius 2 is 1.89 bits per heavy atom. The number of hydrogen-bond donors (Lipinski definition) is 8. The van der Waals surface area contributed by atoms with Gasteiger partial charge in [-0.15, -0.1) is 0 Å². The number of piperidine rings is 1. The number of carboxylic acid groups (broad SMARTS) is 1. The van der Waals surface area contributed by atoms with Gasteiger partial charge in [-0.25, -0.2) is 4.79 Å². The number of nitrogens with one attached hydrogen (secondary N) is 5. The third-order valence-corrected chi connectivity index (χ3v) is 11.2. The van der Waals surface area contributed by atoms with Crippen molar-refractivity contribution in [3.8, 4) is 11.5 Å². The van der Waals surface area contributed by atoms with Crippen LogP contribution in [-0.4, -0.2) is 157 Å². The van der Waals surface area contributed by atoms with Crippen LogP contribution in [0.4, 0.5) is 4.79 Å². The lowest BCUT2D eigenvalue weighted by atomic mass is 9.50. The molecule has 1 spiro atoms. The average molecular weight is 786 g/mol. The van der Waals surface area contributed by atoms with Crippen LogP contribution in [0, 0.1) is 5.41 Å². The molecule has 56 heavy (non-hydrogen) atoms. The molecule has 306 valence electrons. The lowest BCUT2D eigenvalue weighted by molar-refractivity contribution is -0.163. The van der Waals surface area contributed by atoms with Crippen LogP contribution in [0.5, 0.6) is 11.5 Å². The zero-order valence-electron chi connectivity index (χ0n) is 32.1. The predicted octanol–water partition coefficient (Wildman–Crippen LogP) is -2.05. The number of amides is 5. The second-order valence-electron chi connectivity index (χ2n) is 14.6. The summed E-state index contributed by atoms with van der Waals surface area (Å²) in [5.74, 6) is -3.25. The van der Waals surface area contributed by atoms with E-state index >= 15 is 0 Å². The van der Waals surface area contributed by atoms with E-state index in [9.17, 15) is 39.0 Å². The Kier molecular flexibility index (Phi) is 12.3. The fraction of sp³-hybridized carbons (Fsp3) is 0.583. The van der Waals surface area contributed by atoms with Gasteiger partial charge < -0.3 is 61.2 Å².